The molecule has 1 aliphatic rings. The predicted molar refractivity (Wildman–Crippen MR) is 88.1 cm³/mol. The second-order valence-corrected chi connectivity index (χ2v) is 6.50. The molecule has 1 fully saturated rings. The molecule has 1 saturated heterocycles. The minimum atomic E-state index is -0.160. The van der Waals surface area contributed by atoms with Gasteiger partial charge in [-0.2, -0.15) is 0 Å². The summed E-state index contributed by atoms with van der Waals surface area (Å²) >= 11 is 6.51. The quantitative estimate of drug-likeness (QED) is 0.721. The molecule has 0 unspecified atom stereocenters. The van der Waals surface area contributed by atoms with Gasteiger partial charge in [-0.15, -0.1) is 11.3 Å². The molecule has 23 heavy (non-hydrogen) atoms. The maximum atomic E-state index is 12.7. The maximum Gasteiger partial charge on any atom is 0.266 e. The lowest BCUT2D eigenvalue weighted by Crippen LogP contribution is -2.42. The summed E-state index contributed by atoms with van der Waals surface area (Å²) in [6, 6.07) is 5.30. The van der Waals surface area contributed by atoms with E-state index in [2.05, 4.69) is 9.97 Å². The number of nitrogens with zero attached hydrogens (tertiary/aromatic N) is 2. The lowest BCUT2D eigenvalue weighted by molar-refractivity contribution is -0.0228. The molecule has 0 spiro atoms. The van der Waals surface area contributed by atoms with Crippen LogP contribution >= 0.6 is 23.6 Å². The van der Waals surface area contributed by atoms with E-state index < -0.39 is 0 Å². The van der Waals surface area contributed by atoms with Gasteiger partial charge in [-0.3, -0.25) is 4.79 Å². The van der Waals surface area contributed by atoms with Crippen LogP contribution in [0, 0.1) is 4.84 Å². The van der Waals surface area contributed by atoms with Gasteiger partial charge in [-0.05, 0) is 30.4 Å². The van der Waals surface area contributed by atoms with Crippen LogP contribution in [-0.4, -0.2) is 40.5 Å². The molecule has 0 bridgehead atoms. The largest absolute Gasteiger partial charge is 0.429 e. The number of thiazole rings is 1. The van der Waals surface area contributed by atoms with Gasteiger partial charge in [-0.25, -0.2) is 4.98 Å². The van der Waals surface area contributed by atoms with E-state index >= 15 is 0 Å². The van der Waals surface area contributed by atoms with Crippen molar-refractivity contribution < 1.29 is 13.9 Å². The van der Waals surface area contributed by atoms with E-state index in [0.29, 0.717) is 35.7 Å². The maximum absolute atomic E-state index is 12.7. The van der Waals surface area contributed by atoms with Crippen LogP contribution in [0.4, 0.5) is 0 Å². The van der Waals surface area contributed by atoms with Crippen molar-refractivity contribution >= 4 is 40.6 Å². The Morgan fingerprint density at radius 3 is 3.22 bits per heavy atom. The molecule has 8 heteroatoms. The van der Waals surface area contributed by atoms with Crippen molar-refractivity contribution in [1.29, 1.82) is 0 Å². The number of fused-ring (bicyclic) bond motifs is 1. The minimum absolute atomic E-state index is 0.0425. The molecule has 1 aromatic carbocycles. The Balaban J connectivity index is 1.58. The molecular weight excluding hydrogens is 334 g/mol. The SMILES string of the molecule is O=C(c1ccc2[nH]c(=S)oc2c1)N1CCO[C@@H](c2nccs2)C1. The summed E-state index contributed by atoms with van der Waals surface area (Å²) in [7, 11) is 0. The highest BCUT2D eigenvalue weighted by molar-refractivity contribution is 7.71. The van der Waals surface area contributed by atoms with Gasteiger partial charge in [0.1, 0.15) is 11.1 Å². The molecule has 1 N–H and O–H groups in total. The molecule has 3 aromatic rings. The molecule has 1 amide bonds. The van der Waals surface area contributed by atoms with Gasteiger partial charge in [0.2, 0.25) is 0 Å². The van der Waals surface area contributed by atoms with Crippen LogP contribution in [0.25, 0.3) is 11.1 Å². The highest BCUT2D eigenvalue weighted by Crippen LogP contribution is 2.25. The molecular formula is C15H13N3O3S2. The van der Waals surface area contributed by atoms with Crippen molar-refractivity contribution in [2.45, 2.75) is 6.10 Å². The van der Waals surface area contributed by atoms with Gasteiger partial charge in [-0.1, -0.05) is 0 Å². The average Bonchev–Trinajstić information content (AvgIpc) is 3.22. The van der Waals surface area contributed by atoms with Crippen LogP contribution in [0.3, 0.4) is 0 Å². The predicted octanol–water partition coefficient (Wildman–Crippen LogP) is 3.16. The van der Waals surface area contributed by atoms with Gasteiger partial charge in [0, 0.05) is 23.7 Å². The zero-order valence-corrected chi connectivity index (χ0v) is 13.7. The van der Waals surface area contributed by atoms with Crippen molar-refractivity contribution in [2.75, 3.05) is 19.7 Å². The van der Waals surface area contributed by atoms with Crippen molar-refractivity contribution in [2.24, 2.45) is 0 Å². The fourth-order valence-corrected chi connectivity index (χ4v) is 3.51. The van der Waals surface area contributed by atoms with Crippen LogP contribution in [-0.2, 0) is 4.74 Å². The number of morpholine rings is 1. The number of aromatic amines is 1. The number of carbonyl (C=O) groups excluding carboxylic acids is 1. The van der Waals surface area contributed by atoms with Gasteiger partial charge < -0.3 is 19.0 Å². The molecule has 1 atom stereocenters. The first kappa shape index (κ1) is 14.6. The summed E-state index contributed by atoms with van der Waals surface area (Å²) in [4.78, 5) is 22.0. The molecule has 2 aromatic heterocycles. The number of aromatic nitrogens is 2. The number of nitrogens with one attached hydrogen (secondary N) is 1. The number of oxazole rings is 1. The Hall–Kier alpha value is -2.03. The molecule has 118 valence electrons. The summed E-state index contributed by atoms with van der Waals surface area (Å²) in [5.74, 6) is -0.0425. The van der Waals surface area contributed by atoms with E-state index in [9.17, 15) is 4.79 Å². The van der Waals surface area contributed by atoms with Gasteiger partial charge >= 0.3 is 0 Å². The number of hydrogen-bond donors (Lipinski definition) is 1. The van der Waals surface area contributed by atoms with Crippen LogP contribution in [0.2, 0.25) is 0 Å². The third-order valence-corrected chi connectivity index (χ3v) is 4.80. The zero-order chi connectivity index (χ0) is 15.8. The smallest absolute Gasteiger partial charge is 0.266 e. The number of H-pyrrole nitrogens is 1. The normalized spacial score (nSPS) is 18.4. The van der Waals surface area contributed by atoms with Crippen molar-refractivity contribution in [1.82, 2.24) is 14.9 Å². The third kappa shape index (κ3) is 2.80. The van der Waals surface area contributed by atoms with Crippen LogP contribution in [0.1, 0.15) is 21.5 Å². The van der Waals surface area contributed by atoms with Gasteiger partial charge in [0.15, 0.2) is 5.58 Å². The lowest BCUT2D eigenvalue weighted by Gasteiger charge is -2.32. The monoisotopic (exact) mass is 347 g/mol. The number of amides is 1. The van der Waals surface area contributed by atoms with Crippen LogP contribution in [0.15, 0.2) is 34.2 Å². The minimum Gasteiger partial charge on any atom is -0.429 e. The Morgan fingerprint density at radius 1 is 1.48 bits per heavy atom. The number of benzene rings is 1. The first-order chi connectivity index (χ1) is 11.2. The summed E-state index contributed by atoms with van der Waals surface area (Å²) in [6.07, 6.45) is 1.59. The summed E-state index contributed by atoms with van der Waals surface area (Å²) in [6.45, 7) is 1.57. The van der Waals surface area contributed by atoms with Crippen molar-refractivity contribution in [3.63, 3.8) is 0 Å². The standard InChI is InChI=1S/C15H13N3O3S2/c19-14(9-1-2-10-11(7-9)21-15(22)17-10)18-4-5-20-12(8-18)13-16-3-6-23-13/h1-3,6-7,12H,4-5,8H2,(H,17,22)/t12-/m1/s1. The Morgan fingerprint density at radius 2 is 2.39 bits per heavy atom. The van der Waals surface area contributed by atoms with E-state index in [-0.39, 0.29) is 12.0 Å². The molecule has 3 heterocycles. The van der Waals surface area contributed by atoms with E-state index in [1.807, 2.05) is 5.38 Å². The number of carbonyl (C=O) groups is 1. The fourth-order valence-electron chi connectivity index (χ4n) is 2.64. The van der Waals surface area contributed by atoms with E-state index in [1.54, 1.807) is 29.3 Å². The second kappa shape index (κ2) is 5.88. The summed E-state index contributed by atoms with van der Waals surface area (Å²) < 4.78 is 11.1. The Kier molecular flexibility index (Phi) is 3.72. The van der Waals surface area contributed by atoms with E-state index in [0.717, 1.165) is 10.5 Å². The Bertz CT molecular complexity index is 900. The average molecular weight is 347 g/mol. The van der Waals surface area contributed by atoms with Crippen LogP contribution < -0.4 is 0 Å². The molecule has 0 radical (unpaired) electrons. The van der Waals surface area contributed by atoms with E-state index in [4.69, 9.17) is 21.4 Å². The highest BCUT2D eigenvalue weighted by Gasteiger charge is 2.27. The fraction of sp³-hybridized carbons (Fsp3) is 0.267. The molecule has 6 nitrogen and oxygen atoms in total. The molecule has 1 aliphatic heterocycles. The number of ether oxygens (including phenoxy) is 1. The van der Waals surface area contributed by atoms with Crippen molar-refractivity contribution in [3.05, 3.63) is 45.2 Å². The van der Waals surface area contributed by atoms with Gasteiger partial charge in [0.25, 0.3) is 10.7 Å². The lowest BCUT2D eigenvalue weighted by atomic mass is 10.1. The molecule has 4 rings (SSSR count). The highest BCUT2D eigenvalue weighted by atomic mass is 32.1. The first-order valence-corrected chi connectivity index (χ1v) is 8.42. The second-order valence-electron chi connectivity index (χ2n) is 5.21. The van der Waals surface area contributed by atoms with Crippen LogP contribution in [0.5, 0.6) is 0 Å². The van der Waals surface area contributed by atoms with Crippen molar-refractivity contribution in [3.8, 4) is 0 Å². The number of hydrogen-bond acceptors (Lipinski definition) is 6. The topological polar surface area (TPSA) is 71.4 Å². The van der Waals surface area contributed by atoms with Gasteiger partial charge in [0.05, 0.1) is 18.7 Å². The molecule has 0 saturated carbocycles. The first-order valence-electron chi connectivity index (χ1n) is 7.14. The summed E-state index contributed by atoms with van der Waals surface area (Å²) in [5, 5.41) is 2.81. The third-order valence-electron chi connectivity index (χ3n) is 3.75. The Labute approximate surface area is 140 Å². The molecule has 0 aliphatic carbocycles. The summed E-state index contributed by atoms with van der Waals surface area (Å²) in [5.41, 5.74) is 1.95. The number of rotatable bonds is 2. The zero-order valence-electron chi connectivity index (χ0n) is 12.0. The van der Waals surface area contributed by atoms with E-state index in [1.165, 1.54) is 11.3 Å².